The molecule has 0 amide bonds. The van der Waals surface area contributed by atoms with E-state index in [1.807, 2.05) is 6.92 Å². The van der Waals surface area contributed by atoms with Gasteiger partial charge in [-0.2, -0.15) is 16.7 Å². The van der Waals surface area contributed by atoms with E-state index in [1.165, 1.54) is 57.1 Å². The first-order valence-electron chi connectivity index (χ1n) is 8.96. The fourth-order valence-corrected chi connectivity index (χ4v) is 5.10. The second kappa shape index (κ2) is 7.82. The summed E-state index contributed by atoms with van der Waals surface area (Å²) in [5, 5.41) is 8.92. The van der Waals surface area contributed by atoms with Gasteiger partial charge in [0.2, 0.25) is 5.89 Å². The molecule has 0 radical (unpaired) electrons. The molecule has 3 rings (SSSR count). The van der Waals surface area contributed by atoms with Gasteiger partial charge in [-0.25, -0.2) is 0 Å². The van der Waals surface area contributed by atoms with Crippen LogP contribution in [0.1, 0.15) is 75.9 Å². The summed E-state index contributed by atoms with van der Waals surface area (Å²) in [5.41, 5.74) is -0.0386. The molecule has 0 unspecified atom stereocenters. The zero-order valence-electron chi connectivity index (χ0n) is 13.8. The highest BCUT2D eigenvalue weighted by molar-refractivity contribution is 7.99. The van der Waals surface area contributed by atoms with E-state index in [0.717, 1.165) is 30.5 Å². The Morgan fingerprint density at radius 2 is 1.86 bits per heavy atom. The van der Waals surface area contributed by atoms with Crippen LogP contribution < -0.4 is 5.32 Å². The highest BCUT2D eigenvalue weighted by Crippen LogP contribution is 2.36. The molecule has 1 N–H and O–H groups in total. The predicted octanol–water partition coefficient (Wildman–Crippen LogP) is 4.19. The summed E-state index contributed by atoms with van der Waals surface area (Å²) in [6, 6.07) is 0. The monoisotopic (exact) mass is 323 g/mol. The van der Waals surface area contributed by atoms with E-state index in [-0.39, 0.29) is 5.54 Å². The topological polar surface area (TPSA) is 51.0 Å². The van der Waals surface area contributed by atoms with Crippen LogP contribution in [0.5, 0.6) is 0 Å². The van der Waals surface area contributed by atoms with Crippen LogP contribution in [-0.4, -0.2) is 27.7 Å². The highest BCUT2D eigenvalue weighted by Gasteiger charge is 2.37. The number of rotatable bonds is 6. The van der Waals surface area contributed by atoms with Crippen LogP contribution in [0.25, 0.3) is 0 Å². The molecule has 2 aliphatic carbocycles. The van der Waals surface area contributed by atoms with Gasteiger partial charge in [-0.05, 0) is 25.7 Å². The van der Waals surface area contributed by atoms with Crippen molar-refractivity contribution in [3.63, 3.8) is 0 Å². The lowest BCUT2D eigenvalue weighted by Crippen LogP contribution is -2.46. The lowest BCUT2D eigenvalue weighted by atomic mass is 9.81. The van der Waals surface area contributed by atoms with Crippen molar-refractivity contribution >= 4 is 11.8 Å². The maximum absolute atomic E-state index is 5.24. The number of nitrogens with zero attached hydrogens (tertiary/aromatic N) is 2. The second-order valence-electron chi connectivity index (χ2n) is 6.84. The smallest absolute Gasteiger partial charge is 0.223 e. The lowest BCUT2D eigenvalue weighted by Gasteiger charge is -2.35. The third-order valence-electron chi connectivity index (χ3n) is 5.13. The largest absolute Gasteiger partial charge is 0.340 e. The summed E-state index contributed by atoms with van der Waals surface area (Å²) in [6.45, 7) is 2.93. The van der Waals surface area contributed by atoms with Crippen LogP contribution >= 0.6 is 11.8 Å². The number of nitrogens with one attached hydrogen (secondary N) is 1. The van der Waals surface area contributed by atoms with Crippen molar-refractivity contribution in [2.75, 3.05) is 12.3 Å². The van der Waals surface area contributed by atoms with Crippen molar-refractivity contribution in [2.45, 2.75) is 81.9 Å². The average Bonchev–Trinajstić information content (AvgIpc) is 3.01. The van der Waals surface area contributed by atoms with E-state index in [9.17, 15) is 0 Å². The molecule has 2 fully saturated rings. The zero-order chi connectivity index (χ0) is 15.3. The van der Waals surface area contributed by atoms with Crippen molar-refractivity contribution in [1.29, 1.82) is 0 Å². The van der Waals surface area contributed by atoms with Gasteiger partial charge in [0.1, 0.15) is 0 Å². The predicted molar refractivity (Wildman–Crippen MR) is 91.1 cm³/mol. The molecule has 2 saturated carbocycles. The molecule has 4 nitrogen and oxygen atoms in total. The molecular weight excluding hydrogens is 294 g/mol. The maximum Gasteiger partial charge on any atom is 0.223 e. The Bertz CT molecular complexity index is 451. The number of hydrogen-bond donors (Lipinski definition) is 1. The second-order valence-corrected chi connectivity index (χ2v) is 8.25. The van der Waals surface area contributed by atoms with Gasteiger partial charge in [0.05, 0.1) is 5.54 Å². The molecule has 124 valence electrons. The summed E-state index contributed by atoms with van der Waals surface area (Å²) in [4.78, 5) is 4.53. The van der Waals surface area contributed by atoms with Gasteiger partial charge in [-0.15, -0.1) is 0 Å². The molecule has 0 bridgehead atoms. The summed E-state index contributed by atoms with van der Waals surface area (Å²) in [7, 11) is 0. The minimum atomic E-state index is -0.0386. The van der Waals surface area contributed by atoms with Crippen LogP contribution in [0, 0.1) is 6.92 Å². The maximum atomic E-state index is 5.24. The minimum absolute atomic E-state index is 0.0386. The molecule has 0 aliphatic heterocycles. The third-order valence-corrected chi connectivity index (χ3v) is 6.52. The quantitative estimate of drug-likeness (QED) is 0.795. The minimum Gasteiger partial charge on any atom is -0.340 e. The normalized spacial score (nSPS) is 22.8. The fourth-order valence-electron chi connectivity index (χ4n) is 3.88. The molecule has 0 aromatic carbocycles. The third kappa shape index (κ3) is 4.05. The van der Waals surface area contributed by atoms with Crippen molar-refractivity contribution in [2.24, 2.45) is 0 Å². The average molecular weight is 324 g/mol. The van der Waals surface area contributed by atoms with Gasteiger partial charge in [0.25, 0.3) is 0 Å². The molecule has 5 heteroatoms. The molecule has 1 heterocycles. The van der Waals surface area contributed by atoms with Crippen molar-refractivity contribution in [3.05, 3.63) is 11.7 Å². The number of aryl methyl sites for hydroxylation is 1. The molecule has 0 spiro atoms. The Labute approximate surface area is 138 Å². The van der Waals surface area contributed by atoms with E-state index in [4.69, 9.17) is 4.52 Å². The number of aromatic nitrogens is 2. The highest BCUT2D eigenvalue weighted by atomic mass is 32.2. The molecule has 0 atom stereocenters. The van der Waals surface area contributed by atoms with E-state index in [0.29, 0.717) is 5.89 Å². The Balaban J connectivity index is 1.52. The summed E-state index contributed by atoms with van der Waals surface area (Å²) >= 11 is 2.16. The molecule has 1 aromatic rings. The van der Waals surface area contributed by atoms with Crippen molar-refractivity contribution in [1.82, 2.24) is 15.5 Å². The van der Waals surface area contributed by atoms with Gasteiger partial charge in [-0.3, -0.25) is 0 Å². The van der Waals surface area contributed by atoms with Crippen LogP contribution in [-0.2, 0) is 5.54 Å². The Kier molecular flexibility index (Phi) is 5.80. The Hall–Kier alpha value is -0.550. The molecule has 0 saturated heterocycles. The number of thioether (sulfide) groups is 1. The molecule has 22 heavy (non-hydrogen) atoms. The van der Waals surface area contributed by atoms with E-state index < -0.39 is 0 Å². The van der Waals surface area contributed by atoms with E-state index >= 15 is 0 Å². The fraction of sp³-hybridized carbons (Fsp3) is 0.882. The first-order valence-corrected chi connectivity index (χ1v) is 10.0. The first-order chi connectivity index (χ1) is 10.8. The first kappa shape index (κ1) is 16.3. The van der Waals surface area contributed by atoms with Gasteiger partial charge in [0.15, 0.2) is 5.82 Å². The summed E-state index contributed by atoms with van der Waals surface area (Å²) in [5.74, 6) is 2.76. The van der Waals surface area contributed by atoms with Crippen LogP contribution in [0.3, 0.4) is 0 Å². The van der Waals surface area contributed by atoms with Crippen molar-refractivity contribution < 1.29 is 4.52 Å². The lowest BCUT2D eigenvalue weighted by molar-refractivity contribution is 0.217. The molecular formula is C17H29N3OS. The Morgan fingerprint density at radius 3 is 2.55 bits per heavy atom. The van der Waals surface area contributed by atoms with Gasteiger partial charge < -0.3 is 9.84 Å². The standard InChI is InChI=1S/C17H29N3OS/c1-14-19-16(20-21-14)17(10-6-3-7-11-17)18-12-13-22-15-8-4-2-5-9-15/h15,18H,2-13H2,1H3. The molecule has 2 aliphatic rings. The van der Waals surface area contributed by atoms with Crippen LogP contribution in [0.2, 0.25) is 0 Å². The summed E-state index contributed by atoms with van der Waals surface area (Å²) < 4.78 is 5.24. The zero-order valence-corrected chi connectivity index (χ0v) is 14.6. The summed E-state index contributed by atoms with van der Waals surface area (Å²) in [6.07, 6.45) is 13.3. The van der Waals surface area contributed by atoms with Crippen LogP contribution in [0.4, 0.5) is 0 Å². The van der Waals surface area contributed by atoms with E-state index in [1.54, 1.807) is 0 Å². The van der Waals surface area contributed by atoms with Crippen molar-refractivity contribution in [3.8, 4) is 0 Å². The number of hydrogen-bond acceptors (Lipinski definition) is 5. The Morgan fingerprint density at radius 1 is 1.14 bits per heavy atom. The molecule has 1 aromatic heterocycles. The van der Waals surface area contributed by atoms with Crippen LogP contribution in [0.15, 0.2) is 4.52 Å². The van der Waals surface area contributed by atoms with E-state index in [2.05, 4.69) is 27.2 Å². The van der Waals surface area contributed by atoms with Gasteiger partial charge in [0, 0.05) is 24.5 Å². The van der Waals surface area contributed by atoms with Gasteiger partial charge in [-0.1, -0.05) is 43.7 Å². The van der Waals surface area contributed by atoms with Gasteiger partial charge >= 0.3 is 0 Å². The SMILES string of the molecule is Cc1nc(C2(NCCSC3CCCCC3)CCCCC2)no1.